The second-order valence-electron chi connectivity index (χ2n) is 6.83. The Balaban J connectivity index is 1.62. The minimum absolute atomic E-state index is 0.0278. The quantitative estimate of drug-likeness (QED) is 0.754. The van der Waals surface area contributed by atoms with Crippen molar-refractivity contribution >= 4 is 6.03 Å². The number of hydrogen-bond acceptors (Lipinski definition) is 2. The highest BCUT2D eigenvalue weighted by Crippen LogP contribution is 2.40. The predicted octanol–water partition coefficient (Wildman–Crippen LogP) is 3.53. The van der Waals surface area contributed by atoms with E-state index in [4.69, 9.17) is 0 Å². The normalized spacial score (nSPS) is 17.0. The zero-order valence-electron chi connectivity index (χ0n) is 14.4. The molecule has 132 valence electrons. The number of carbonyl (C=O) groups excluding carboxylic acids is 1. The van der Waals surface area contributed by atoms with Gasteiger partial charge in [0.1, 0.15) is 0 Å². The van der Waals surface area contributed by atoms with E-state index < -0.39 is 6.04 Å². The molecule has 4 heteroatoms. The van der Waals surface area contributed by atoms with Gasteiger partial charge in [-0.1, -0.05) is 73.5 Å². The molecule has 0 heterocycles. The molecular weight excluding hydrogens is 312 g/mol. The number of amides is 2. The standard InChI is InChI=1S/C21H26N2O2/c24-15-19(17-9-3-1-4-10-17)23-20(25)22-16-21(13-7-8-14-21)18-11-5-2-6-12-18/h1-6,9-12,19,24H,7-8,13-16H2,(H2,22,23,25). The van der Waals surface area contributed by atoms with Crippen LogP contribution >= 0.6 is 0 Å². The molecule has 0 spiro atoms. The first kappa shape index (κ1) is 17.5. The minimum Gasteiger partial charge on any atom is -0.394 e. The second-order valence-corrected chi connectivity index (χ2v) is 6.83. The van der Waals surface area contributed by atoms with Crippen LogP contribution in [0.4, 0.5) is 4.79 Å². The van der Waals surface area contributed by atoms with Crippen molar-refractivity contribution in [3.63, 3.8) is 0 Å². The summed E-state index contributed by atoms with van der Waals surface area (Å²) < 4.78 is 0. The van der Waals surface area contributed by atoms with Crippen molar-refractivity contribution in [1.82, 2.24) is 10.6 Å². The molecule has 3 rings (SSSR count). The van der Waals surface area contributed by atoms with Crippen LogP contribution in [0, 0.1) is 0 Å². The van der Waals surface area contributed by atoms with E-state index in [1.165, 1.54) is 18.4 Å². The summed E-state index contributed by atoms with van der Waals surface area (Å²) in [6.07, 6.45) is 4.59. The van der Waals surface area contributed by atoms with Gasteiger partial charge in [0.05, 0.1) is 12.6 Å². The molecule has 2 aromatic carbocycles. The Morgan fingerprint density at radius 3 is 2.20 bits per heavy atom. The molecule has 1 atom stereocenters. The van der Waals surface area contributed by atoms with Crippen LogP contribution in [0.3, 0.4) is 0 Å². The SMILES string of the molecule is O=C(NCC1(c2ccccc2)CCCC1)NC(CO)c1ccccc1. The highest BCUT2D eigenvalue weighted by molar-refractivity contribution is 5.74. The lowest BCUT2D eigenvalue weighted by Gasteiger charge is -2.30. The van der Waals surface area contributed by atoms with E-state index >= 15 is 0 Å². The Labute approximate surface area is 149 Å². The van der Waals surface area contributed by atoms with Gasteiger partial charge in [-0.05, 0) is 24.0 Å². The lowest BCUT2D eigenvalue weighted by Crippen LogP contribution is -2.45. The summed E-state index contributed by atoms with van der Waals surface area (Å²) in [5.41, 5.74) is 2.23. The van der Waals surface area contributed by atoms with Gasteiger partial charge in [0.2, 0.25) is 0 Å². The Hall–Kier alpha value is -2.33. The first-order chi connectivity index (χ1) is 12.2. The third-order valence-electron chi connectivity index (χ3n) is 5.22. The Kier molecular flexibility index (Phi) is 5.71. The molecule has 0 aromatic heterocycles. The van der Waals surface area contributed by atoms with Crippen LogP contribution in [0.2, 0.25) is 0 Å². The molecule has 0 saturated heterocycles. The molecule has 2 amide bonds. The Bertz CT molecular complexity index is 667. The lowest BCUT2D eigenvalue weighted by atomic mass is 9.79. The van der Waals surface area contributed by atoms with E-state index in [9.17, 15) is 9.90 Å². The molecular formula is C21H26N2O2. The summed E-state index contributed by atoms with van der Waals surface area (Å²) >= 11 is 0. The fraction of sp³-hybridized carbons (Fsp3) is 0.381. The number of hydrogen-bond donors (Lipinski definition) is 3. The molecule has 2 aromatic rings. The van der Waals surface area contributed by atoms with E-state index in [-0.39, 0.29) is 18.1 Å². The summed E-state index contributed by atoms with van der Waals surface area (Å²) in [5, 5.41) is 15.5. The summed E-state index contributed by atoms with van der Waals surface area (Å²) in [6.45, 7) is 0.497. The predicted molar refractivity (Wildman–Crippen MR) is 99.4 cm³/mol. The van der Waals surface area contributed by atoms with Gasteiger partial charge < -0.3 is 15.7 Å². The molecule has 1 fully saturated rings. The molecule has 1 aliphatic rings. The van der Waals surface area contributed by atoms with Gasteiger partial charge in [-0.2, -0.15) is 0 Å². The highest BCUT2D eigenvalue weighted by Gasteiger charge is 2.35. The van der Waals surface area contributed by atoms with Crippen molar-refractivity contribution < 1.29 is 9.90 Å². The zero-order chi connectivity index (χ0) is 17.5. The number of carbonyl (C=O) groups is 1. The number of benzene rings is 2. The molecule has 1 saturated carbocycles. The van der Waals surface area contributed by atoms with E-state index in [1.807, 2.05) is 36.4 Å². The fourth-order valence-corrected chi connectivity index (χ4v) is 3.79. The average molecular weight is 338 g/mol. The summed E-state index contributed by atoms with van der Waals surface area (Å²) in [5.74, 6) is 0. The van der Waals surface area contributed by atoms with Crippen LogP contribution in [0.25, 0.3) is 0 Å². The van der Waals surface area contributed by atoms with Crippen molar-refractivity contribution in [2.45, 2.75) is 37.1 Å². The monoisotopic (exact) mass is 338 g/mol. The Morgan fingerprint density at radius 1 is 1.00 bits per heavy atom. The molecule has 0 radical (unpaired) electrons. The summed E-state index contributed by atoms with van der Waals surface area (Å²) in [7, 11) is 0. The molecule has 25 heavy (non-hydrogen) atoms. The van der Waals surface area contributed by atoms with Gasteiger partial charge >= 0.3 is 6.03 Å². The third kappa shape index (κ3) is 4.20. The molecule has 3 N–H and O–H groups in total. The third-order valence-corrected chi connectivity index (χ3v) is 5.22. The molecule has 0 bridgehead atoms. The maximum absolute atomic E-state index is 12.4. The van der Waals surface area contributed by atoms with Gasteiger partial charge in [0.25, 0.3) is 0 Å². The average Bonchev–Trinajstić information content (AvgIpc) is 3.16. The van der Waals surface area contributed by atoms with Crippen LogP contribution in [-0.2, 0) is 5.41 Å². The fourth-order valence-electron chi connectivity index (χ4n) is 3.79. The van der Waals surface area contributed by atoms with E-state index in [0.717, 1.165) is 18.4 Å². The van der Waals surface area contributed by atoms with E-state index in [1.54, 1.807) is 0 Å². The topological polar surface area (TPSA) is 61.4 Å². The smallest absolute Gasteiger partial charge is 0.315 e. The van der Waals surface area contributed by atoms with Crippen molar-refractivity contribution in [1.29, 1.82) is 0 Å². The molecule has 0 aliphatic heterocycles. The lowest BCUT2D eigenvalue weighted by molar-refractivity contribution is 0.214. The van der Waals surface area contributed by atoms with Crippen molar-refractivity contribution in [3.05, 3.63) is 71.8 Å². The van der Waals surface area contributed by atoms with Crippen molar-refractivity contribution in [2.75, 3.05) is 13.2 Å². The Morgan fingerprint density at radius 2 is 1.60 bits per heavy atom. The molecule has 4 nitrogen and oxygen atoms in total. The van der Waals surface area contributed by atoms with Crippen LogP contribution in [0.5, 0.6) is 0 Å². The minimum atomic E-state index is -0.391. The first-order valence-electron chi connectivity index (χ1n) is 8.99. The molecule has 1 unspecified atom stereocenters. The number of aliphatic hydroxyl groups is 1. The number of aliphatic hydroxyl groups excluding tert-OH is 1. The highest BCUT2D eigenvalue weighted by atomic mass is 16.3. The van der Waals surface area contributed by atoms with Crippen LogP contribution in [0.1, 0.15) is 42.9 Å². The van der Waals surface area contributed by atoms with E-state index in [2.05, 4.69) is 34.9 Å². The maximum atomic E-state index is 12.4. The zero-order valence-corrected chi connectivity index (χ0v) is 14.4. The van der Waals surface area contributed by atoms with Crippen LogP contribution in [-0.4, -0.2) is 24.3 Å². The number of rotatable bonds is 6. The summed E-state index contributed by atoms with van der Waals surface area (Å²) in [4.78, 5) is 12.4. The maximum Gasteiger partial charge on any atom is 0.315 e. The molecule has 1 aliphatic carbocycles. The largest absolute Gasteiger partial charge is 0.394 e. The number of nitrogens with one attached hydrogen (secondary N) is 2. The first-order valence-corrected chi connectivity index (χ1v) is 8.99. The van der Waals surface area contributed by atoms with Crippen molar-refractivity contribution in [2.24, 2.45) is 0 Å². The van der Waals surface area contributed by atoms with Crippen LogP contribution < -0.4 is 10.6 Å². The van der Waals surface area contributed by atoms with Gasteiger partial charge in [-0.3, -0.25) is 0 Å². The van der Waals surface area contributed by atoms with Gasteiger partial charge in [-0.25, -0.2) is 4.79 Å². The van der Waals surface area contributed by atoms with E-state index in [0.29, 0.717) is 6.54 Å². The van der Waals surface area contributed by atoms with Gasteiger partial charge in [-0.15, -0.1) is 0 Å². The van der Waals surface area contributed by atoms with Gasteiger partial charge in [0.15, 0.2) is 0 Å². The number of urea groups is 1. The van der Waals surface area contributed by atoms with Crippen molar-refractivity contribution in [3.8, 4) is 0 Å². The van der Waals surface area contributed by atoms with Gasteiger partial charge in [0, 0.05) is 12.0 Å². The van der Waals surface area contributed by atoms with Crippen LogP contribution in [0.15, 0.2) is 60.7 Å². The summed E-state index contributed by atoms with van der Waals surface area (Å²) in [6, 6.07) is 19.4. The second kappa shape index (κ2) is 8.17.